The van der Waals surface area contributed by atoms with Crippen LogP contribution >= 0.6 is 0 Å². The number of carbonyl (C=O) groups excluding carboxylic acids is 2. The van der Waals surface area contributed by atoms with E-state index in [1.54, 1.807) is 12.0 Å². The standard InChI is InChI=1S/C29H34N2O3/c1-21(29(33)30-25-11-4-5-12-25)31(20-22-14-17-26(34-2)18-15-22)28(32)19-16-24-10-7-9-23-8-3-6-13-27(23)24/h3,6-10,13-15,17-18,21,25H,4-5,11-12,16,19-20H2,1-2H3,(H,30,33)/t21-/m1/s1. The van der Waals surface area contributed by atoms with E-state index in [0.717, 1.165) is 42.6 Å². The predicted octanol–water partition coefficient (Wildman–Crippen LogP) is 5.26. The van der Waals surface area contributed by atoms with Gasteiger partial charge in [-0.05, 0) is 60.2 Å². The fourth-order valence-corrected chi connectivity index (χ4v) is 4.80. The molecule has 0 aliphatic heterocycles. The molecule has 1 N–H and O–H groups in total. The molecule has 1 fully saturated rings. The number of methoxy groups -OCH3 is 1. The number of nitrogens with one attached hydrogen (secondary N) is 1. The second-order valence-corrected chi connectivity index (χ2v) is 9.17. The second kappa shape index (κ2) is 11.2. The maximum atomic E-state index is 13.5. The summed E-state index contributed by atoms with van der Waals surface area (Å²) in [6.45, 7) is 2.22. The Labute approximate surface area is 202 Å². The summed E-state index contributed by atoms with van der Waals surface area (Å²) in [6.07, 6.45) is 5.33. The summed E-state index contributed by atoms with van der Waals surface area (Å²) in [7, 11) is 1.63. The van der Waals surface area contributed by atoms with Gasteiger partial charge in [0.2, 0.25) is 11.8 Å². The molecule has 5 heteroatoms. The van der Waals surface area contributed by atoms with Crippen molar-refractivity contribution in [3.05, 3.63) is 77.9 Å². The summed E-state index contributed by atoms with van der Waals surface area (Å²) in [5, 5.41) is 5.51. The lowest BCUT2D eigenvalue weighted by Crippen LogP contribution is -2.49. The van der Waals surface area contributed by atoms with Gasteiger partial charge in [-0.15, -0.1) is 0 Å². The summed E-state index contributed by atoms with van der Waals surface area (Å²) in [5.74, 6) is 0.682. The Morgan fingerprint density at radius 1 is 1.00 bits per heavy atom. The predicted molar refractivity (Wildman–Crippen MR) is 136 cm³/mol. The fourth-order valence-electron chi connectivity index (χ4n) is 4.80. The molecule has 1 aliphatic rings. The van der Waals surface area contributed by atoms with E-state index >= 15 is 0 Å². The third-order valence-corrected chi connectivity index (χ3v) is 6.87. The molecule has 1 saturated carbocycles. The lowest BCUT2D eigenvalue weighted by molar-refractivity contribution is -0.140. The van der Waals surface area contributed by atoms with Gasteiger partial charge in [0.15, 0.2) is 0 Å². The number of aryl methyl sites for hydroxylation is 1. The van der Waals surface area contributed by atoms with E-state index in [1.165, 1.54) is 10.8 Å². The van der Waals surface area contributed by atoms with Gasteiger partial charge in [-0.25, -0.2) is 0 Å². The van der Waals surface area contributed by atoms with Gasteiger partial charge in [-0.1, -0.05) is 67.4 Å². The Morgan fingerprint density at radius 3 is 2.44 bits per heavy atom. The number of rotatable bonds is 9. The average molecular weight is 459 g/mol. The third kappa shape index (κ3) is 5.77. The molecule has 0 radical (unpaired) electrons. The first kappa shape index (κ1) is 23.8. The Balaban J connectivity index is 1.50. The summed E-state index contributed by atoms with van der Waals surface area (Å²) in [4.78, 5) is 28.3. The molecule has 2 amide bonds. The number of nitrogens with zero attached hydrogens (tertiary/aromatic N) is 1. The molecule has 0 aromatic heterocycles. The quantitative estimate of drug-likeness (QED) is 0.476. The normalized spacial score (nSPS) is 14.6. The second-order valence-electron chi connectivity index (χ2n) is 9.17. The Kier molecular flexibility index (Phi) is 7.84. The minimum absolute atomic E-state index is 0.0159. The zero-order valence-electron chi connectivity index (χ0n) is 20.1. The Morgan fingerprint density at radius 2 is 1.71 bits per heavy atom. The summed E-state index contributed by atoms with van der Waals surface area (Å²) >= 11 is 0. The van der Waals surface area contributed by atoms with E-state index in [4.69, 9.17) is 4.74 Å². The highest BCUT2D eigenvalue weighted by Gasteiger charge is 2.28. The molecule has 1 atom stereocenters. The van der Waals surface area contributed by atoms with Gasteiger partial charge in [-0.2, -0.15) is 0 Å². The number of amides is 2. The smallest absolute Gasteiger partial charge is 0.242 e. The highest BCUT2D eigenvalue weighted by Crippen LogP contribution is 2.22. The molecule has 0 bridgehead atoms. The molecule has 5 nitrogen and oxygen atoms in total. The highest BCUT2D eigenvalue weighted by molar-refractivity contribution is 5.89. The van der Waals surface area contributed by atoms with Gasteiger partial charge in [0, 0.05) is 19.0 Å². The van der Waals surface area contributed by atoms with Crippen LogP contribution in [0, 0.1) is 0 Å². The van der Waals surface area contributed by atoms with Crippen LogP contribution in [0.3, 0.4) is 0 Å². The first-order chi connectivity index (χ1) is 16.5. The molecule has 0 spiro atoms. The van der Waals surface area contributed by atoms with Crippen LogP contribution in [0.4, 0.5) is 0 Å². The zero-order valence-corrected chi connectivity index (χ0v) is 20.1. The van der Waals surface area contributed by atoms with Crippen molar-refractivity contribution < 1.29 is 14.3 Å². The monoisotopic (exact) mass is 458 g/mol. The van der Waals surface area contributed by atoms with Crippen LogP contribution in [-0.4, -0.2) is 35.9 Å². The van der Waals surface area contributed by atoms with E-state index in [0.29, 0.717) is 19.4 Å². The summed E-state index contributed by atoms with van der Waals surface area (Å²) in [6, 6.07) is 21.8. The molecule has 0 heterocycles. The van der Waals surface area contributed by atoms with Crippen molar-refractivity contribution in [1.82, 2.24) is 10.2 Å². The molecule has 0 saturated heterocycles. The number of hydrogen-bond acceptors (Lipinski definition) is 3. The summed E-state index contributed by atoms with van der Waals surface area (Å²) in [5.41, 5.74) is 2.12. The molecule has 3 aromatic rings. The summed E-state index contributed by atoms with van der Waals surface area (Å²) < 4.78 is 5.26. The average Bonchev–Trinajstić information content (AvgIpc) is 3.38. The van der Waals surface area contributed by atoms with Crippen molar-refractivity contribution in [2.75, 3.05) is 7.11 Å². The van der Waals surface area contributed by atoms with Gasteiger partial charge in [0.05, 0.1) is 7.11 Å². The van der Waals surface area contributed by atoms with E-state index < -0.39 is 6.04 Å². The number of ether oxygens (including phenoxy) is 1. The number of carbonyl (C=O) groups is 2. The zero-order chi connectivity index (χ0) is 23.9. The lowest BCUT2D eigenvalue weighted by Gasteiger charge is -2.30. The van der Waals surface area contributed by atoms with Crippen molar-refractivity contribution in [2.24, 2.45) is 0 Å². The van der Waals surface area contributed by atoms with Crippen molar-refractivity contribution >= 4 is 22.6 Å². The molecule has 178 valence electrons. The van der Waals surface area contributed by atoms with E-state index in [2.05, 4.69) is 29.6 Å². The van der Waals surface area contributed by atoms with E-state index in [1.807, 2.05) is 49.4 Å². The Bertz CT molecular complexity index is 1110. The number of fused-ring (bicyclic) bond motifs is 1. The van der Waals surface area contributed by atoms with Crippen LogP contribution in [0.15, 0.2) is 66.7 Å². The maximum Gasteiger partial charge on any atom is 0.242 e. The van der Waals surface area contributed by atoms with Crippen LogP contribution in [0.25, 0.3) is 10.8 Å². The Hall–Kier alpha value is -3.34. The van der Waals surface area contributed by atoms with Crippen molar-refractivity contribution in [3.63, 3.8) is 0 Å². The van der Waals surface area contributed by atoms with Gasteiger partial charge in [-0.3, -0.25) is 9.59 Å². The minimum atomic E-state index is -0.539. The third-order valence-electron chi connectivity index (χ3n) is 6.87. The van der Waals surface area contributed by atoms with Gasteiger partial charge >= 0.3 is 0 Å². The number of benzene rings is 3. The molecular formula is C29H34N2O3. The van der Waals surface area contributed by atoms with Crippen LogP contribution < -0.4 is 10.1 Å². The van der Waals surface area contributed by atoms with E-state index in [9.17, 15) is 9.59 Å². The fraction of sp³-hybridized carbons (Fsp3) is 0.379. The van der Waals surface area contributed by atoms with Crippen LogP contribution in [0.1, 0.15) is 50.2 Å². The minimum Gasteiger partial charge on any atom is -0.497 e. The SMILES string of the molecule is COc1ccc(CN(C(=O)CCc2cccc3ccccc23)[C@H](C)C(=O)NC2CCCC2)cc1. The number of hydrogen-bond donors (Lipinski definition) is 1. The molecule has 34 heavy (non-hydrogen) atoms. The maximum absolute atomic E-state index is 13.5. The van der Waals surface area contributed by atoms with Gasteiger partial charge in [0.25, 0.3) is 0 Å². The topological polar surface area (TPSA) is 58.6 Å². The molecule has 1 aliphatic carbocycles. The van der Waals surface area contributed by atoms with Crippen molar-refractivity contribution in [2.45, 2.75) is 64.1 Å². The van der Waals surface area contributed by atoms with Crippen LogP contribution in [0.2, 0.25) is 0 Å². The molecule has 3 aromatic carbocycles. The highest BCUT2D eigenvalue weighted by atomic mass is 16.5. The molecule has 0 unspecified atom stereocenters. The first-order valence-corrected chi connectivity index (χ1v) is 12.2. The van der Waals surface area contributed by atoms with Gasteiger partial charge < -0.3 is 15.0 Å². The molecular weight excluding hydrogens is 424 g/mol. The van der Waals surface area contributed by atoms with Crippen molar-refractivity contribution in [1.29, 1.82) is 0 Å². The first-order valence-electron chi connectivity index (χ1n) is 12.2. The van der Waals surface area contributed by atoms with Crippen molar-refractivity contribution in [3.8, 4) is 5.75 Å². The van der Waals surface area contributed by atoms with Crippen LogP contribution in [0.5, 0.6) is 5.75 Å². The molecule has 4 rings (SSSR count). The van der Waals surface area contributed by atoms with Gasteiger partial charge in [0.1, 0.15) is 11.8 Å². The largest absolute Gasteiger partial charge is 0.497 e. The van der Waals surface area contributed by atoms with E-state index in [-0.39, 0.29) is 17.9 Å². The lowest BCUT2D eigenvalue weighted by atomic mass is 10.0. The van der Waals surface area contributed by atoms with Crippen LogP contribution in [-0.2, 0) is 22.6 Å².